The zero-order valence-electron chi connectivity index (χ0n) is 19.1. The van der Waals surface area contributed by atoms with Crippen molar-refractivity contribution in [2.45, 2.75) is 95.9 Å². The molecule has 0 saturated carbocycles. The molecule has 31 heavy (non-hydrogen) atoms. The van der Waals surface area contributed by atoms with Gasteiger partial charge in [-0.25, -0.2) is 0 Å². The van der Waals surface area contributed by atoms with Crippen LogP contribution >= 0.6 is 0 Å². The van der Waals surface area contributed by atoms with Crippen molar-refractivity contribution in [3.8, 4) is 0 Å². The van der Waals surface area contributed by atoms with E-state index >= 15 is 0 Å². The average Bonchev–Trinajstić information content (AvgIpc) is 3.35. The lowest BCUT2D eigenvalue weighted by Gasteiger charge is -2.34. The summed E-state index contributed by atoms with van der Waals surface area (Å²) in [5.74, 6) is -2.03. The third kappa shape index (κ3) is 4.46. The molecule has 2 bridgehead atoms. The van der Waals surface area contributed by atoms with Crippen LogP contribution < -0.4 is 5.32 Å². The molecule has 3 heterocycles. The van der Waals surface area contributed by atoms with Crippen LogP contribution in [0.1, 0.15) is 72.1 Å². The first-order valence-corrected chi connectivity index (χ1v) is 12.0. The molecule has 8 nitrogen and oxygen atoms in total. The fourth-order valence-electron chi connectivity index (χ4n) is 5.77. The Kier molecular flexibility index (Phi) is 7.97. The van der Waals surface area contributed by atoms with Gasteiger partial charge in [0.15, 0.2) is 0 Å². The Balaban J connectivity index is 1.84. The van der Waals surface area contributed by atoms with E-state index in [0.29, 0.717) is 19.4 Å². The molecule has 0 radical (unpaired) electrons. The maximum Gasteiger partial charge on any atom is 0.312 e. The second-order valence-electron chi connectivity index (χ2n) is 9.18. The zero-order valence-corrected chi connectivity index (χ0v) is 19.1. The van der Waals surface area contributed by atoms with Crippen molar-refractivity contribution >= 4 is 17.8 Å². The number of aliphatic hydroxyl groups excluding tert-OH is 1. The molecule has 0 aliphatic carbocycles. The summed E-state index contributed by atoms with van der Waals surface area (Å²) in [6, 6.07) is -0.708. The van der Waals surface area contributed by atoms with E-state index in [9.17, 15) is 14.4 Å². The van der Waals surface area contributed by atoms with Gasteiger partial charge in [0.1, 0.15) is 11.6 Å². The van der Waals surface area contributed by atoms with Crippen molar-refractivity contribution in [2.24, 2.45) is 11.8 Å². The first-order chi connectivity index (χ1) is 14.9. The number of nitrogens with one attached hydrogen (secondary N) is 1. The molecule has 0 aromatic rings. The summed E-state index contributed by atoms with van der Waals surface area (Å²) in [6.45, 7) is 6.66. The topological polar surface area (TPSA) is 105 Å². The van der Waals surface area contributed by atoms with Gasteiger partial charge in [-0.05, 0) is 46.0 Å². The van der Waals surface area contributed by atoms with E-state index in [-0.39, 0.29) is 37.2 Å². The van der Waals surface area contributed by atoms with Gasteiger partial charge in [0, 0.05) is 19.2 Å². The van der Waals surface area contributed by atoms with Gasteiger partial charge in [-0.2, -0.15) is 0 Å². The first kappa shape index (κ1) is 24.0. The molecule has 3 rings (SSSR count). The van der Waals surface area contributed by atoms with Crippen LogP contribution in [-0.4, -0.2) is 71.3 Å². The second kappa shape index (κ2) is 10.3. The number of unbranched alkanes of at least 4 members (excludes halogenated alkanes) is 3. The molecule has 8 heteroatoms. The lowest BCUT2D eigenvalue weighted by atomic mass is 9.70. The minimum absolute atomic E-state index is 0.00825. The number of carbonyl (C=O) groups is 3. The van der Waals surface area contributed by atoms with Crippen LogP contribution in [0.15, 0.2) is 0 Å². The van der Waals surface area contributed by atoms with Crippen molar-refractivity contribution < 1.29 is 29.0 Å². The normalized spacial score (nSPS) is 32.3. The SMILES string of the molecule is CCCC(C)NC(=O)C1N(CCCCCCO)C(=O)[C@@H]2[C@H](C(=O)OCC)[C@@H]3CCC12O3. The maximum absolute atomic E-state index is 13.6. The number of esters is 1. The van der Waals surface area contributed by atoms with Crippen LogP contribution in [0.25, 0.3) is 0 Å². The van der Waals surface area contributed by atoms with Crippen molar-refractivity contribution in [3.05, 3.63) is 0 Å². The summed E-state index contributed by atoms with van der Waals surface area (Å²) >= 11 is 0. The van der Waals surface area contributed by atoms with Crippen LogP contribution in [0.3, 0.4) is 0 Å². The molecule has 3 aliphatic rings. The molecular weight excluding hydrogens is 400 g/mol. The number of fused-ring (bicyclic) bond motifs is 1. The monoisotopic (exact) mass is 438 g/mol. The molecular formula is C23H38N2O6. The molecule has 176 valence electrons. The molecule has 3 fully saturated rings. The Bertz CT molecular complexity index is 670. The third-order valence-corrected chi connectivity index (χ3v) is 7.02. The van der Waals surface area contributed by atoms with E-state index in [0.717, 1.165) is 38.5 Å². The van der Waals surface area contributed by atoms with Crippen LogP contribution in [0.2, 0.25) is 0 Å². The summed E-state index contributed by atoms with van der Waals surface area (Å²) in [5, 5.41) is 12.1. The minimum Gasteiger partial charge on any atom is -0.466 e. The Morgan fingerprint density at radius 3 is 2.71 bits per heavy atom. The minimum atomic E-state index is -0.944. The van der Waals surface area contributed by atoms with Crippen molar-refractivity contribution in [3.63, 3.8) is 0 Å². The first-order valence-electron chi connectivity index (χ1n) is 12.0. The van der Waals surface area contributed by atoms with E-state index in [1.807, 2.05) is 6.92 Å². The van der Waals surface area contributed by atoms with Crippen LogP contribution in [-0.2, 0) is 23.9 Å². The Labute approximate surface area is 185 Å². The fraction of sp³-hybridized carbons (Fsp3) is 0.870. The molecule has 3 aliphatic heterocycles. The van der Waals surface area contributed by atoms with Crippen LogP contribution in [0, 0.1) is 11.8 Å². The zero-order chi connectivity index (χ0) is 22.6. The lowest BCUT2D eigenvalue weighted by molar-refractivity contribution is -0.154. The van der Waals surface area contributed by atoms with Gasteiger partial charge in [-0.15, -0.1) is 0 Å². The van der Waals surface area contributed by atoms with Gasteiger partial charge >= 0.3 is 5.97 Å². The number of ether oxygens (including phenoxy) is 2. The molecule has 3 unspecified atom stereocenters. The molecule has 2 amide bonds. The highest BCUT2D eigenvalue weighted by atomic mass is 16.6. The molecule has 1 spiro atoms. The van der Waals surface area contributed by atoms with Gasteiger partial charge in [-0.1, -0.05) is 26.2 Å². The van der Waals surface area contributed by atoms with Crippen molar-refractivity contribution in [2.75, 3.05) is 19.8 Å². The molecule has 0 aromatic carbocycles. The van der Waals surface area contributed by atoms with E-state index in [1.54, 1.807) is 11.8 Å². The predicted octanol–water partition coefficient (Wildman–Crippen LogP) is 1.78. The summed E-state index contributed by atoms with van der Waals surface area (Å²) in [7, 11) is 0. The van der Waals surface area contributed by atoms with Gasteiger partial charge in [0.05, 0.1) is 24.5 Å². The highest BCUT2D eigenvalue weighted by molar-refractivity contribution is 5.98. The van der Waals surface area contributed by atoms with E-state index < -0.39 is 29.4 Å². The number of likely N-dealkylation sites (tertiary alicyclic amines) is 1. The number of carbonyl (C=O) groups excluding carboxylic acids is 3. The molecule has 2 N–H and O–H groups in total. The molecule has 3 saturated heterocycles. The third-order valence-electron chi connectivity index (χ3n) is 7.02. The van der Waals surface area contributed by atoms with Crippen molar-refractivity contribution in [1.82, 2.24) is 10.2 Å². The lowest BCUT2D eigenvalue weighted by Crippen LogP contribution is -2.56. The summed E-state index contributed by atoms with van der Waals surface area (Å²) in [5.41, 5.74) is -0.944. The molecule has 6 atom stereocenters. The number of rotatable bonds is 12. The Hall–Kier alpha value is -1.67. The maximum atomic E-state index is 13.6. The largest absolute Gasteiger partial charge is 0.466 e. The average molecular weight is 439 g/mol. The summed E-state index contributed by atoms with van der Waals surface area (Å²) in [6.07, 6.45) is 5.94. The highest BCUT2D eigenvalue weighted by Gasteiger charge is 2.74. The highest BCUT2D eigenvalue weighted by Crippen LogP contribution is 2.58. The van der Waals surface area contributed by atoms with Crippen LogP contribution in [0.4, 0.5) is 0 Å². The van der Waals surface area contributed by atoms with Crippen molar-refractivity contribution in [1.29, 1.82) is 0 Å². The van der Waals surface area contributed by atoms with E-state index in [1.165, 1.54) is 0 Å². The molecule has 0 aromatic heterocycles. The van der Waals surface area contributed by atoms with E-state index in [2.05, 4.69) is 12.2 Å². The smallest absolute Gasteiger partial charge is 0.312 e. The fourth-order valence-corrected chi connectivity index (χ4v) is 5.77. The number of amides is 2. The summed E-state index contributed by atoms with van der Waals surface area (Å²) in [4.78, 5) is 41.3. The van der Waals surface area contributed by atoms with Gasteiger partial charge in [-0.3, -0.25) is 14.4 Å². The van der Waals surface area contributed by atoms with Gasteiger partial charge in [0.25, 0.3) is 0 Å². The van der Waals surface area contributed by atoms with Gasteiger partial charge < -0.3 is 24.8 Å². The quantitative estimate of drug-likeness (QED) is 0.355. The second-order valence-corrected chi connectivity index (χ2v) is 9.18. The van der Waals surface area contributed by atoms with Crippen LogP contribution in [0.5, 0.6) is 0 Å². The number of hydrogen-bond acceptors (Lipinski definition) is 6. The van der Waals surface area contributed by atoms with Gasteiger partial charge in [0.2, 0.25) is 11.8 Å². The predicted molar refractivity (Wildman–Crippen MR) is 114 cm³/mol. The Morgan fingerprint density at radius 2 is 2.03 bits per heavy atom. The summed E-state index contributed by atoms with van der Waals surface area (Å²) < 4.78 is 11.6. The number of aliphatic hydroxyl groups is 1. The standard InChI is InChI=1S/C23H38N2O6/c1-4-10-15(3)24-20(27)19-23-12-11-16(31-23)17(22(29)30-5-2)18(23)21(28)25(19)13-8-6-7-9-14-26/h15-19,26H,4-14H2,1-3H3,(H,24,27)/t15?,16-,17+,18-,19?,23?/m0/s1. The van der Waals surface area contributed by atoms with E-state index in [4.69, 9.17) is 14.6 Å². The number of hydrogen-bond donors (Lipinski definition) is 2. The Morgan fingerprint density at radius 1 is 1.29 bits per heavy atom. The number of nitrogens with zero attached hydrogens (tertiary/aromatic N) is 1.